The summed E-state index contributed by atoms with van der Waals surface area (Å²) < 4.78 is 0. The minimum Gasteiger partial charge on any atom is -0.0683 e. The monoisotopic (exact) mass is 426 g/mol. The number of rotatable bonds is 2. The second kappa shape index (κ2) is 12.4. The quantitative estimate of drug-likeness (QED) is 0.280. The van der Waals surface area contributed by atoms with Crippen molar-refractivity contribution < 1.29 is 0 Å². The molecule has 0 nitrogen and oxygen atoms in total. The summed E-state index contributed by atoms with van der Waals surface area (Å²) in [5, 5.41) is 5.44. The highest BCUT2D eigenvalue weighted by Crippen LogP contribution is 2.44. The SMILES string of the molecule is CC.CC.CC.Cc1ccc2c(ccc3c(-c4ccccc4C4CCC4)c(C)ccc32)c1. The Labute approximate surface area is 196 Å². The van der Waals surface area contributed by atoms with Gasteiger partial charge in [0.25, 0.3) is 0 Å². The van der Waals surface area contributed by atoms with Crippen molar-refractivity contribution in [2.45, 2.75) is 80.6 Å². The third-order valence-corrected chi connectivity index (χ3v) is 6.16. The van der Waals surface area contributed by atoms with Crippen LogP contribution in [0.1, 0.15) is 83.4 Å². The molecule has 1 aliphatic rings. The summed E-state index contributed by atoms with van der Waals surface area (Å²) in [5.41, 5.74) is 7.09. The molecule has 0 atom stereocenters. The fourth-order valence-electron chi connectivity index (χ4n) is 4.53. The lowest BCUT2D eigenvalue weighted by atomic mass is 9.76. The molecule has 0 spiro atoms. The zero-order valence-electron chi connectivity index (χ0n) is 21.5. The third kappa shape index (κ3) is 5.07. The number of benzene rings is 4. The molecule has 4 aromatic carbocycles. The van der Waals surface area contributed by atoms with E-state index in [-0.39, 0.29) is 0 Å². The van der Waals surface area contributed by atoms with Gasteiger partial charge in [0.1, 0.15) is 0 Å². The third-order valence-electron chi connectivity index (χ3n) is 6.16. The molecular formula is C32H42. The van der Waals surface area contributed by atoms with Crippen molar-refractivity contribution in [1.82, 2.24) is 0 Å². The fraction of sp³-hybridized carbons (Fsp3) is 0.375. The fourth-order valence-corrected chi connectivity index (χ4v) is 4.53. The maximum atomic E-state index is 2.35. The van der Waals surface area contributed by atoms with E-state index in [0.717, 1.165) is 5.92 Å². The largest absolute Gasteiger partial charge is 0.0683 e. The van der Waals surface area contributed by atoms with Gasteiger partial charge < -0.3 is 0 Å². The summed E-state index contributed by atoms with van der Waals surface area (Å²) in [4.78, 5) is 0. The molecule has 0 amide bonds. The molecule has 0 heterocycles. The van der Waals surface area contributed by atoms with Crippen LogP contribution in [0.2, 0.25) is 0 Å². The molecule has 1 saturated carbocycles. The van der Waals surface area contributed by atoms with Gasteiger partial charge in [-0.3, -0.25) is 0 Å². The highest BCUT2D eigenvalue weighted by atomic mass is 14.3. The minimum atomic E-state index is 0.740. The number of aryl methyl sites for hydroxylation is 2. The van der Waals surface area contributed by atoms with Gasteiger partial charge in [-0.05, 0) is 76.4 Å². The van der Waals surface area contributed by atoms with Crippen molar-refractivity contribution in [3.63, 3.8) is 0 Å². The Morgan fingerprint density at radius 3 is 1.91 bits per heavy atom. The second-order valence-corrected chi connectivity index (χ2v) is 7.86. The van der Waals surface area contributed by atoms with Crippen molar-refractivity contribution in [2.75, 3.05) is 0 Å². The van der Waals surface area contributed by atoms with E-state index in [1.54, 1.807) is 5.56 Å². The number of hydrogen-bond donors (Lipinski definition) is 0. The van der Waals surface area contributed by atoms with Crippen LogP contribution in [0.25, 0.3) is 32.7 Å². The predicted molar refractivity (Wildman–Crippen MR) is 147 cm³/mol. The van der Waals surface area contributed by atoms with Gasteiger partial charge in [0.2, 0.25) is 0 Å². The zero-order chi connectivity index (χ0) is 23.7. The lowest BCUT2D eigenvalue weighted by molar-refractivity contribution is 0.420. The normalized spacial score (nSPS) is 12.5. The van der Waals surface area contributed by atoms with Crippen molar-refractivity contribution in [1.29, 1.82) is 0 Å². The maximum absolute atomic E-state index is 2.35. The number of fused-ring (bicyclic) bond motifs is 3. The van der Waals surface area contributed by atoms with Gasteiger partial charge in [-0.1, -0.05) is 120 Å². The van der Waals surface area contributed by atoms with E-state index >= 15 is 0 Å². The molecule has 5 rings (SSSR count). The summed E-state index contributed by atoms with van der Waals surface area (Å²) in [5.74, 6) is 0.740. The van der Waals surface area contributed by atoms with Crippen LogP contribution in [0.5, 0.6) is 0 Å². The average molecular weight is 427 g/mol. The summed E-state index contributed by atoms with van der Waals surface area (Å²) in [6, 6.07) is 25.1. The highest BCUT2D eigenvalue weighted by Gasteiger charge is 2.23. The van der Waals surface area contributed by atoms with Crippen LogP contribution < -0.4 is 0 Å². The lowest BCUT2D eigenvalue weighted by Crippen LogP contribution is -2.10. The molecule has 1 fully saturated rings. The first kappa shape index (κ1) is 25.7. The van der Waals surface area contributed by atoms with Crippen LogP contribution in [0.4, 0.5) is 0 Å². The first-order valence-corrected chi connectivity index (χ1v) is 12.7. The van der Waals surface area contributed by atoms with Crippen LogP contribution in [-0.4, -0.2) is 0 Å². The van der Waals surface area contributed by atoms with Crippen LogP contribution in [0.15, 0.2) is 66.7 Å². The Hall–Kier alpha value is -2.60. The van der Waals surface area contributed by atoms with Crippen LogP contribution in [0, 0.1) is 13.8 Å². The van der Waals surface area contributed by atoms with Gasteiger partial charge in [-0.15, -0.1) is 0 Å². The van der Waals surface area contributed by atoms with Crippen molar-refractivity contribution >= 4 is 21.5 Å². The Balaban J connectivity index is 0.000000561. The van der Waals surface area contributed by atoms with Gasteiger partial charge in [0.05, 0.1) is 0 Å². The molecule has 4 aromatic rings. The van der Waals surface area contributed by atoms with Gasteiger partial charge in [-0.25, -0.2) is 0 Å². The highest BCUT2D eigenvalue weighted by molar-refractivity contribution is 6.13. The molecule has 0 heteroatoms. The number of hydrogen-bond acceptors (Lipinski definition) is 0. The van der Waals surface area contributed by atoms with Crippen LogP contribution in [0.3, 0.4) is 0 Å². The average Bonchev–Trinajstić information content (AvgIpc) is 2.82. The van der Waals surface area contributed by atoms with Gasteiger partial charge in [0.15, 0.2) is 0 Å². The Morgan fingerprint density at radius 2 is 1.25 bits per heavy atom. The first-order valence-electron chi connectivity index (χ1n) is 12.7. The van der Waals surface area contributed by atoms with E-state index in [2.05, 4.69) is 80.6 Å². The van der Waals surface area contributed by atoms with E-state index in [9.17, 15) is 0 Å². The van der Waals surface area contributed by atoms with E-state index < -0.39 is 0 Å². The summed E-state index contributed by atoms with van der Waals surface area (Å²) in [6.07, 6.45) is 4.05. The topological polar surface area (TPSA) is 0 Å². The van der Waals surface area contributed by atoms with Crippen molar-refractivity contribution in [2.24, 2.45) is 0 Å². The predicted octanol–water partition coefficient (Wildman–Crippen LogP) is 10.6. The minimum absolute atomic E-state index is 0.740. The second-order valence-electron chi connectivity index (χ2n) is 7.86. The molecule has 0 aliphatic heterocycles. The smallest absolute Gasteiger partial charge is 0.00730 e. The molecule has 0 saturated heterocycles. The zero-order valence-corrected chi connectivity index (χ0v) is 21.5. The van der Waals surface area contributed by atoms with Gasteiger partial charge in [0, 0.05) is 0 Å². The van der Waals surface area contributed by atoms with E-state index in [1.807, 2.05) is 41.5 Å². The van der Waals surface area contributed by atoms with Crippen LogP contribution in [-0.2, 0) is 0 Å². The Morgan fingerprint density at radius 1 is 0.625 bits per heavy atom. The molecule has 0 radical (unpaired) electrons. The first-order chi connectivity index (χ1) is 15.7. The van der Waals surface area contributed by atoms with E-state index in [1.165, 1.54) is 63.1 Å². The lowest BCUT2D eigenvalue weighted by Gasteiger charge is -2.28. The van der Waals surface area contributed by atoms with Crippen molar-refractivity contribution in [3.8, 4) is 11.1 Å². The molecule has 0 N–H and O–H groups in total. The van der Waals surface area contributed by atoms with Gasteiger partial charge in [-0.2, -0.15) is 0 Å². The molecule has 0 unspecified atom stereocenters. The Kier molecular flexibility index (Phi) is 9.97. The molecule has 0 bridgehead atoms. The summed E-state index contributed by atoms with van der Waals surface area (Å²) in [7, 11) is 0. The van der Waals surface area contributed by atoms with E-state index in [0.29, 0.717) is 0 Å². The molecular weight excluding hydrogens is 384 g/mol. The summed E-state index contributed by atoms with van der Waals surface area (Å²) in [6.45, 7) is 16.4. The molecule has 0 aromatic heterocycles. The molecule has 1 aliphatic carbocycles. The van der Waals surface area contributed by atoms with Gasteiger partial charge >= 0.3 is 0 Å². The standard InChI is InChI=1S/C26H24.3C2H6/c1-17-10-13-22-20(16-17)12-15-25-23(22)14-11-18(2)26(25)24-9-4-3-8-21(24)19-6-5-7-19;3*1-2/h3-4,8-16,19H,5-7H2,1-2H3;3*1-2H3. The van der Waals surface area contributed by atoms with E-state index in [4.69, 9.17) is 0 Å². The van der Waals surface area contributed by atoms with Crippen molar-refractivity contribution in [3.05, 3.63) is 83.4 Å². The summed E-state index contributed by atoms with van der Waals surface area (Å²) >= 11 is 0. The maximum Gasteiger partial charge on any atom is -0.00730 e. The Bertz CT molecular complexity index is 1130. The molecule has 32 heavy (non-hydrogen) atoms. The molecule has 170 valence electrons. The van der Waals surface area contributed by atoms with Crippen LogP contribution >= 0.6 is 0 Å².